The number of hydrogen-bond donors (Lipinski definition) is 2. The van der Waals surface area contributed by atoms with Crippen LogP contribution in [0.25, 0.3) is 0 Å². The molecule has 2 N–H and O–H groups in total. The largest absolute Gasteiger partial charge is 0.393 e. The molecule has 5 nitrogen and oxygen atoms in total. The summed E-state index contributed by atoms with van der Waals surface area (Å²) in [5, 5.41) is 19.2. The molecule has 1 aliphatic heterocycles. The van der Waals surface area contributed by atoms with Gasteiger partial charge in [0.2, 0.25) is 5.95 Å². The normalized spacial score (nSPS) is 23.2. The molecule has 1 aromatic heterocycles. The minimum absolute atomic E-state index is 0.163. The van der Waals surface area contributed by atoms with Gasteiger partial charge >= 0.3 is 0 Å². The third-order valence-electron chi connectivity index (χ3n) is 4.71. The Hall–Kier alpha value is -1.20. The first-order valence-corrected chi connectivity index (χ1v) is 7.61. The molecule has 0 atom stereocenters. The van der Waals surface area contributed by atoms with Gasteiger partial charge in [0.25, 0.3) is 0 Å². The molecular formula is C15H23N3O2. The van der Waals surface area contributed by atoms with E-state index < -0.39 is 5.60 Å². The molecule has 0 spiro atoms. The summed E-state index contributed by atoms with van der Waals surface area (Å²) in [7, 11) is 0. The first-order chi connectivity index (χ1) is 9.70. The lowest BCUT2D eigenvalue weighted by Crippen LogP contribution is -2.47. The number of aromatic nitrogens is 2. The van der Waals surface area contributed by atoms with Crippen molar-refractivity contribution in [1.82, 2.24) is 9.97 Å². The standard InChI is InChI=1S/C15H23N3O2/c19-11-15(20)6-9-18(10-7-15)14-16-8-5-13(17-14)12-3-1-2-4-12/h5,8,12,19-20H,1-4,6-7,9-11H2. The summed E-state index contributed by atoms with van der Waals surface area (Å²) in [5.41, 5.74) is 0.245. The Morgan fingerprint density at radius 3 is 2.60 bits per heavy atom. The van der Waals surface area contributed by atoms with Crippen LogP contribution in [0.15, 0.2) is 12.3 Å². The van der Waals surface area contributed by atoms with E-state index in [-0.39, 0.29) is 6.61 Å². The van der Waals surface area contributed by atoms with Gasteiger partial charge in [0.15, 0.2) is 0 Å². The lowest BCUT2D eigenvalue weighted by atomic mass is 9.93. The minimum atomic E-state index is -0.917. The van der Waals surface area contributed by atoms with Crippen molar-refractivity contribution in [3.05, 3.63) is 18.0 Å². The van der Waals surface area contributed by atoms with Crippen molar-refractivity contribution in [2.75, 3.05) is 24.6 Å². The summed E-state index contributed by atoms with van der Waals surface area (Å²) in [6.45, 7) is 1.24. The molecule has 0 aromatic carbocycles. The molecule has 1 saturated carbocycles. The molecule has 1 saturated heterocycles. The summed E-state index contributed by atoms with van der Waals surface area (Å²) in [6.07, 6.45) is 8.07. The molecule has 1 aliphatic carbocycles. The van der Waals surface area contributed by atoms with Crippen molar-refractivity contribution in [3.63, 3.8) is 0 Å². The molecular weight excluding hydrogens is 254 g/mol. The van der Waals surface area contributed by atoms with Crippen molar-refractivity contribution in [1.29, 1.82) is 0 Å². The lowest BCUT2D eigenvalue weighted by molar-refractivity contribution is -0.0327. The lowest BCUT2D eigenvalue weighted by Gasteiger charge is -2.37. The van der Waals surface area contributed by atoms with Crippen LogP contribution in [-0.2, 0) is 0 Å². The van der Waals surface area contributed by atoms with Crippen LogP contribution in [0.5, 0.6) is 0 Å². The molecule has 0 unspecified atom stereocenters. The first kappa shape index (κ1) is 13.8. The van der Waals surface area contributed by atoms with Gasteiger partial charge in [-0.1, -0.05) is 12.8 Å². The van der Waals surface area contributed by atoms with Gasteiger partial charge in [-0.2, -0.15) is 0 Å². The Kier molecular flexibility index (Phi) is 3.89. The van der Waals surface area contributed by atoms with Crippen LogP contribution in [0.3, 0.4) is 0 Å². The Morgan fingerprint density at radius 2 is 1.95 bits per heavy atom. The molecule has 0 bridgehead atoms. The maximum absolute atomic E-state index is 10.1. The number of aliphatic hydroxyl groups is 2. The van der Waals surface area contributed by atoms with Crippen LogP contribution in [-0.4, -0.2) is 45.5 Å². The fraction of sp³-hybridized carbons (Fsp3) is 0.733. The minimum Gasteiger partial charge on any atom is -0.393 e. The molecule has 0 amide bonds. The molecule has 2 aliphatic rings. The Labute approximate surface area is 119 Å². The number of hydrogen-bond acceptors (Lipinski definition) is 5. The van der Waals surface area contributed by atoms with Crippen molar-refractivity contribution in [2.24, 2.45) is 0 Å². The average molecular weight is 277 g/mol. The van der Waals surface area contributed by atoms with E-state index in [2.05, 4.69) is 9.88 Å². The fourth-order valence-electron chi connectivity index (χ4n) is 3.24. The van der Waals surface area contributed by atoms with E-state index in [0.717, 1.165) is 11.6 Å². The number of aliphatic hydroxyl groups excluding tert-OH is 1. The van der Waals surface area contributed by atoms with E-state index in [4.69, 9.17) is 4.98 Å². The zero-order valence-corrected chi connectivity index (χ0v) is 11.8. The van der Waals surface area contributed by atoms with Crippen molar-refractivity contribution < 1.29 is 10.2 Å². The Morgan fingerprint density at radius 1 is 1.25 bits per heavy atom. The van der Waals surface area contributed by atoms with E-state index in [1.54, 1.807) is 0 Å². The van der Waals surface area contributed by atoms with Crippen LogP contribution in [0, 0.1) is 0 Å². The predicted octanol–water partition coefficient (Wildman–Crippen LogP) is 1.46. The van der Waals surface area contributed by atoms with Gasteiger partial charge < -0.3 is 15.1 Å². The summed E-state index contributed by atoms with van der Waals surface area (Å²) >= 11 is 0. The monoisotopic (exact) mass is 277 g/mol. The molecule has 3 rings (SSSR count). The van der Waals surface area contributed by atoms with Gasteiger partial charge in [-0.25, -0.2) is 9.97 Å². The van der Waals surface area contributed by atoms with E-state index in [1.807, 2.05) is 12.3 Å². The highest BCUT2D eigenvalue weighted by atomic mass is 16.3. The molecule has 110 valence electrons. The smallest absolute Gasteiger partial charge is 0.225 e. The third kappa shape index (κ3) is 2.79. The van der Waals surface area contributed by atoms with Crippen molar-refractivity contribution in [2.45, 2.75) is 50.0 Å². The summed E-state index contributed by atoms with van der Waals surface area (Å²) < 4.78 is 0. The van der Waals surface area contributed by atoms with E-state index >= 15 is 0 Å². The van der Waals surface area contributed by atoms with Crippen molar-refractivity contribution >= 4 is 5.95 Å². The molecule has 2 fully saturated rings. The maximum atomic E-state index is 10.1. The Balaban J connectivity index is 1.70. The van der Waals surface area contributed by atoms with Crippen LogP contribution in [0.1, 0.15) is 50.1 Å². The van der Waals surface area contributed by atoms with Crippen LogP contribution < -0.4 is 4.90 Å². The van der Waals surface area contributed by atoms with Crippen LogP contribution >= 0.6 is 0 Å². The highest BCUT2D eigenvalue weighted by molar-refractivity contribution is 5.32. The van der Waals surface area contributed by atoms with Gasteiger partial charge in [-0.3, -0.25) is 0 Å². The summed E-state index contributed by atoms with van der Waals surface area (Å²) in [6, 6.07) is 2.04. The third-order valence-corrected chi connectivity index (χ3v) is 4.71. The molecule has 1 aromatic rings. The van der Waals surface area contributed by atoms with E-state index in [1.165, 1.54) is 25.7 Å². The number of anilines is 1. The molecule has 5 heteroatoms. The molecule has 0 radical (unpaired) electrons. The predicted molar refractivity (Wildman–Crippen MR) is 76.7 cm³/mol. The average Bonchev–Trinajstić information content (AvgIpc) is 3.02. The second kappa shape index (κ2) is 5.66. The topological polar surface area (TPSA) is 69.5 Å². The number of nitrogens with zero attached hydrogens (tertiary/aromatic N) is 3. The SMILES string of the molecule is OCC1(O)CCN(c2nccc(C3CCCC3)n2)CC1. The number of rotatable bonds is 3. The van der Waals surface area contributed by atoms with Gasteiger partial charge in [-0.05, 0) is 31.7 Å². The zero-order chi connectivity index (χ0) is 14.0. The zero-order valence-electron chi connectivity index (χ0n) is 11.8. The first-order valence-electron chi connectivity index (χ1n) is 7.61. The van der Waals surface area contributed by atoms with Gasteiger partial charge in [0.05, 0.1) is 12.2 Å². The fourth-order valence-corrected chi connectivity index (χ4v) is 3.24. The molecule has 2 heterocycles. The van der Waals surface area contributed by atoms with Crippen LogP contribution in [0.2, 0.25) is 0 Å². The summed E-state index contributed by atoms with van der Waals surface area (Å²) in [4.78, 5) is 11.2. The quantitative estimate of drug-likeness (QED) is 0.875. The van der Waals surface area contributed by atoms with E-state index in [0.29, 0.717) is 31.8 Å². The van der Waals surface area contributed by atoms with Crippen molar-refractivity contribution in [3.8, 4) is 0 Å². The second-order valence-corrected chi connectivity index (χ2v) is 6.13. The van der Waals surface area contributed by atoms with E-state index in [9.17, 15) is 10.2 Å². The summed E-state index contributed by atoms with van der Waals surface area (Å²) in [5.74, 6) is 1.37. The van der Waals surface area contributed by atoms with Gasteiger partial charge in [0.1, 0.15) is 0 Å². The Bertz CT molecular complexity index is 452. The van der Waals surface area contributed by atoms with Gasteiger partial charge in [0, 0.05) is 30.9 Å². The van der Waals surface area contributed by atoms with Crippen LogP contribution in [0.4, 0.5) is 5.95 Å². The second-order valence-electron chi connectivity index (χ2n) is 6.13. The van der Waals surface area contributed by atoms with Gasteiger partial charge in [-0.15, -0.1) is 0 Å². The number of piperidine rings is 1. The molecule has 20 heavy (non-hydrogen) atoms. The maximum Gasteiger partial charge on any atom is 0.225 e. The highest BCUT2D eigenvalue weighted by Gasteiger charge is 2.32. The highest BCUT2D eigenvalue weighted by Crippen LogP contribution is 2.33.